The molecule has 1 aromatic carbocycles. The molecule has 1 aliphatic carbocycles. The molecule has 0 aromatic heterocycles. The van der Waals surface area contributed by atoms with Gasteiger partial charge >= 0.3 is 5.97 Å². The minimum Gasteiger partial charge on any atom is -0.490 e. The smallest absolute Gasteiger partial charge is 0.303 e. The van der Waals surface area contributed by atoms with Gasteiger partial charge in [-0.15, -0.1) is 0 Å². The molecular formula is C16H22O3. The van der Waals surface area contributed by atoms with Crippen molar-refractivity contribution >= 4 is 5.97 Å². The number of benzene rings is 1. The Morgan fingerprint density at radius 1 is 1.37 bits per heavy atom. The van der Waals surface area contributed by atoms with E-state index in [4.69, 9.17) is 9.84 Å². The maximum Gasteiger partial charge on any atom is 0.303 e. The average molecular weight is 262 g/mol. The van der Waals surface area contributed by atoms with Crippen molar-refractivity contribution < 1.29 is 14.6 Å². The number of para-hydroxylation sites is 1. The number of carboxylic acid groups (broad SMARTS) is 1. The van der Waals surface area contributed by atoms with Gasteiger partial charge in [-0.3, -0.25) is 4.79 Å². The van der Waals surface area contributed by atoms with Crippen LogP contribution in [0, 0.1) is 5.92 Å². The van der Waals surface area contributed by atoms with Gasteiger partial charge in [0.2, 0.25) is 0 Å². The lowest BCUT2D eigenvalue weighted by Crippen LogP contribution is -2.14. The van der Waals surface area contributed by atoms with Crippen molar-refractivity contribution in [3.63, 3.8) is 0 Å². The van der Waals surface area contributed by atoms with Crippen molar-refractivity contribution in [2.24, 2.45) is 5.92 Å². The second kappa shape index (κ2) is 6.09. The van der Waals surface area contributed by atoms with E-state index >= 15 is 0 Å². The molecule has 3 nitrogen and oxygen atoms in total. The quantitative estimate of drug-likeness (QED) is 0.877. The Hall–Kier alpha value is -1.51. The molecule has 0 heterocycles. The third-order valence-electron chi connectivity index (χ3n) is 3.79. The molecule has 1 saturated carbocycles. The molecule has 104 valence electrons. The fourth-order valence-electron chi connectivity index (χ4n) is 2.81. The third kappa shape index (κ3) is 3.72. The van der Waals surface area contributed by atoms with E-state index in [9.17, 15) is 4.79 Å². The number of aliphatic carboxylic acids is 1. The molecule has 1 fully saturated rings. The number of carboxylic acids is 1. The van der Waals surface area contributed by atoms with Gasteiger partial charge in [-0.25, -0.2) is 0 Å². The van der Waals surface area contributed by atoms with Crippen molar-refractivity contribution in [2.75, 3.05) is 0 Å². The molecule has 2 unspecified atom stereocenters. The summed E-state index contributed by atoms with van der Waals surface area (Å²) in [5.41, 5.74) is 1.23. The number of hydrogen-bond acceptors (Lipinski definition) is 2. The highest BCUT2D eigenvalue weighted by Gasteiger charge is 2.28. The van der Waals surface area contributed by atoms with E-state index in [0.29, 0.717) is 5.92 Å². The number of ether oxygens (including phenoxy) is 1. The molecule has 19 heavy (non-hydrogen) atoms. The molecule has 1 N–H and O–H groups in total. The van der Waals surface area contributed by atoms with E-state index in [-0.39, 0.29) is 18.4 Å². The summed E-state index contributed by atoms with van der Waals surface area (Å²) in [6.07, 6.45) is 3.22. The van der Waals surface area contributed by atoms with Gasteiger partial charge in [-0.1, -0.05) is 32.0 Å². The Morgan fingerprint density at radius 2 is 2.11 bits per heavy atom. The third-order valence-corrected chi connectivity index (χ3v) is 3.79. The Bertz CT molecular complexity index is 439. The largest absolute Gasteiger partial charge is 0.490 e. The lowest BCUT2D eigenvalue weighted by atomic mass is 10.0. The normalized spacial score (nSPS) is 22.7. The molecule has 1 aromatic rings. The van der Waals surface area contributed by atoms with Crippen molar-refractivity contribution in [3.8, 4) is 5.75 Å². The fourth-order valence-corrected chi connectivity index (χ4v) is 2.81. The van der Waals surface area contributed by atoms with Gasteiger partial charge < -0.3 is 9.84 Å². The summed E-state index contributed by atoms with van der Waals surface area (Å²) in [7, 11) is 0. The standard InChI is InChI=1S/C16H22O3/c1-11(2)14-5-3-4-6-15(14)19-13-8-7-12(9-13)10-16(17)18/h3-6,11-13H,7-10H2,1-2H3,(H,17,18). The van der Waals surface area contributed by atoms with Gasteiger partial charge in [0.25, 0.3) is 0 Å². The van der Waals surface area contributed by atoms with Crippen LogP contribution < -0.4 is 4.74 Å². The number of hydrogen-bond donors (Lipinski definition) is 1. The van der Waals surface area contributed by atoms with Crippen LogP contribution in [0.1, 0.15) is 51.0 Å². The average Bonchev–Trinajstić information content (AvgIpc) is 2.76. The number of carbonyl (C=O) groups is 1. The SMILES string of the molecule is CC(C)c1ccccc1OC1CCC(CC(=O)O)C1. The van der Waals surface area contributed by atoms with Gasteiger partial charge in [0, 0.05) is 6.42 Å². The lowest BCUT2D eigenvalue weighted by Gasteiger charge is -2.18. The second-order valence-electron chi connectivity index (χ2n) is 5.71. The highest BCUT2D eigenvalue weighted by molar-refractivity contribution is 5.67. The van der Waals surface area contributed by atoms with Crippen LogP contribution in [0.4, 0.5) is 0 Å². The monoisotopic (exact) mass is 262 g/mol. The molecule has 0 saturated heterocycles. The molecule has 0 amide bonds. The predicted molar refractivity (Wildman–Crippen MR) is 74.5 cm³/mol. The van der Waals surface area contributed by atoms with E-state index in [1.807, 2.05) is 18.2 Å². The fraction of sp³-hybridized carbons (Fsp3) is 0.562. The van der Waals surface area contributed by atoms with Gasteiger partial charge in [0.15, 0.2) is 0 Å². The van der Waals surface area contributed by atoms with Crippen LogP contribution in [-0.2, 0) is 4.79 Å². The van der Waals surface area contributed by atoms with Gasteiger partial charge in [-0.05, 0) is 42.7 Å². The van der Waals surface area contributed by atoms with Gasteiger partial charge in [-0.2, -0.15) is 0 Å². The first kappa shape index (κ1) is 13.9. The van der Waals surface area contributed by atoms with Gasteiger partial charge in [0.05, 0.1) is 6.10 Å². The van der Waals surface area contributed by atoms with Crippen LogP contribution in [0.25, 0.3) is 0 Å². The van der Waals surface area contributed by atoms with E-state index in [2.05, 4.69) is 19.9 Å². The lowest BCUT2D eigenvalue weighted by molar-refractivity contribution is -0.138. The summed E-state index contributed by atoms with van der Waals surface area (Å²) in [6.45, 7) is 4.31. The van der Waals surface area contributed by atoms with Crippen LogP contribution in [0.5, 0.6) is 5.75 Å². The molecule has 2 atom stereocenters. The minimum atomic E-state index is -0.701. The minimum absolute atomic E-state index is 0.171. The van der Waals surface area contributed by atoms with Crippen LogP contribution >= 0.6 is 0 Å². The van der Waals surface area contributed by atoms with Crippen molar-refractivity contribution in [2.45, 2.75) is 51.6 Å². The van der Waals surface area contributed by atoms with E-state index in [1.165, 1.54) is 5.56 Å². The van der Waals surface area contributed by atoms with Gasteiger partial charge in [0.1, 0.15) is 5.75 Å². The highest BCUT2D eigenvalue weighted by atomic mass is 16.5. The second-order valence-corrected chi connectivity index (χ2v) is 5.71. The predicted octanol–water partition coefficient (Wildman–Crippen LogP) is 3.83. The first-order valence-electron chi connectivity index (χ1n) is 7.03. The summed E-state index contributed by atoms with van der Waals surface area (Å²) >= 11 is 0. The van der Waals surface area contributed by atoms with Crippen LogP contribution in [0.3, 0.4) is 0 Å². The van der Waals surface area contributed by atoms with E-state index < -0.39 is 5.97 Å². The Kier molecular flexibility index (Phi) is 4.46. The first-order valence-corrected chi connectivity index (χ1v) is 7.03. The maximum absolute atomic E-state index is 10.7. The van der Waals surface area contributed by atoms with E-state index in [1.54, 1.807) is 0 Å². The molecule has 3 heteroatoms. The Balaban J connectivity index is 1.97. The topological polar surface area (TPSA) is 46.5 Å². The molecular weight excluding hydrogens is 240 g/mol. The summed E-state index contributed by atoms with van der Waals surface area (Å²) < 4.78 is 6.09. The zero-order valence-corrected chi connectivity index (χ0v) is 11.6. The molecule has 0 spiro atoms. The molecule has 0 aliphatic heterocycles. The van der Waals surface area contributed by atoms with Crippen molar-refractivity contribution in [3.05, 3.63) is 29.8 Å². The molecule has 1 aliphatic rings. The maximum atomic E-state index is 10.7. The zero-order valence-electron chi connectivity index (χ0n) is 11.6. The van der Waals surface area contributed by atoms with Crippen LogP contribution in [0.15, 0.2) is 24.3 Å². The Labute approximate surface area is 114 Å². The summed E-state index contributed by atoms with van der Waals surface area (Å²) in [6, 6.07) is 8.14. The van der Waals surface area contributed by atoms with Crippen molar-refractivity contribution in [1.29, 1.82) is 0 Å². The van der Waals surface area contributed by atoms with Crippen LogP contribution in [-0.4, -0.2) is 17.2 Å². The van der Waals surface area contributed by atoms with Crippen LogP contribution in [0.2, 0.25) is 0 Å². The molecule has 2 rings (SSSR count). The summed E-state index contributed by atoms with van der Waals surface area (Å²) in [4.78, 5) is 10.7. The highest BCUT2D eigenvalue weighted by Crippen LogP contribution is 2.34. The summed E-state index contributed by atoms with van der Waals surface area (Å²) in [5, 5.41) is 8.83. The summed E-state index contributed by atoms with van der Waals surface area (Å²) in [5.74, 6) is 0.966. The number of rotatable bonds is 5. The molecule has 0 radical (unpaired) electrons. The van der Waals surface area contributed by atoms with E-state index in [0.717, 1.165) is 25.0 Å². The zero-order chi connectivity index (χ0) is 13.8. The van der Waals surface area contributed by atoms with Crippen molar-refractivity contribution in [1.82, 2.24) is 0 Å². The molecule has 0 bridgehead atoms. The first-order chi connectivity index (χ1) is 9.06. The Morgan fingerprint density at radius 3 is 2.79 bits per heavy atom.